The Kier molecular flexibility index (Phi) is 3.42. The predicted molar refractivity (Wildman–Crippen MR) is 66.4 cm³/mol. The molecular formula is C10H10ClN5O2. The summed E-state index contributed by atoms with van der Waals surface area (Å²) in [5, 5.41) is 17.8. The third-order valence-electron chi connectivity index (χ3n) is 2.21. The molecule has 2 heterocycles. The molecule has 0 aliphatic rings. The van der Waals surface area contributed by atoms with E-state index < -0.39 is 4.92 Å². The lowest BCUT2D eigenvalue weighted by Crippen LogP contribution is -2.03. The lowest BCUT2D eigenvalue weighted by Gasteiger charge is -2.03. The first-order valence-electron chi connectivity index (χ1n) is 5.09. The van der Waals surface area contributed by atoms with E-state index in [1.807, 2.05) is 19.3 Å². The van der Waals surface area contributed by atoms with Crippen LogP contribution in [0.15, 0.2) is 24.4 Å². The first kappa shape index (κ1) is 12.3. The predicted octanol–water partition coefficient (Wildman–Crippen LogP) is 1.99. The smallest absolute Gasteiger partial charge is 0.276 e. The first-order chi connectivity index (χ1) is 8.54. The summed E-state index contributed by atoms with van der Waals surface area (Å²) in [6, 6.07) is 4.37. The van der Waals surface area contributed by atoms with Gasteiger partial charge in [-0.1, -0.05) is 11.6 Å². The molecule has 0 aromatic carbocycles. The number of nitro groups is 1. The minimum Gasteiger partial charge on any atom is -0.364 e. The summed E-state index contributed by atoms with van der Waals surface area (Å²) in [5.74, 6) is 0.347. The molecule has 1 N–H and O–H groups in total. The van der Waals surface area contributed by atoms with Crippen LogP contribution in [0.4, 0.5) is 11.5 Å². The molecule has 0 saturated carbocycles. The van der Waals surface area contributed by atoms with Gasteiger partial charge in [0.15, 0.2) is 0 Å². The van der Waals surface area contributed by atoms with E-state index in [1.165, 1.54) is 12.1 Å². The molecule has 0 unspecified atom stereocenters. The van der Waals surface area contributed by atoms with E-state index in [2.05, 4.69) is 15.4 Å². The van der Waals surface area contributed by atoms with E-state index in [0.29, 0.717) is 12.4 Å². The van der Waals surface area contributed by atoms with Crippen LogP contribution in [0.25, 0.3) is 0 Å². The molecule has 0 spiro atoms. The number of aromatic nitrogens is 3. The molecule has 8 heteroatoms. The van der Waals surface area contributed by atoms with Crippen LogP contribution in [0, 0.1) is 10.1 Å². The van der Waals surface area contributed by atoms with E-state index in [0.717, 1.165) is 5.69 Å². The molecule has 0 saturated heterocycles. The van der Waals surface area contributed by atoms with Gasteiger partial charge in [-0.3, -0.25) is 14.8 Å². The summed E-state index contributed by atoms with van der Waals surface area (Å²) in [6.45, 7) is 0.422. The molecule has 0 fully saturated rings. The van der Waals surface area contributed by atoms with Crippen molar-refractivity contribution in [3.05, 3.63) is 45.4 Å². The summed E-state index contributed by atoms with van der Waals surface area (Å²) in [7, 11) is 1.81. The van der Waals surface area contributed by atoms with Gasteiger partial charge in [0.2, 0.25) is 0 Å². The van der Waals surface area contributed by atoms with Gasteiger partial charge in [-0.15, -0.1) is 0 Å². The molecular weight excluding hydrogens is 258 g/mol. The number of aryl methyl sites for hydroxylation is 1. The first-order valence-corrected chi connectivity index (χ1v) is 5.47. The maximum Gasteiger partial charge on any atom is 0.276 e. The third-order valence-corrected chi connectivity index (χ3v) is 2.40. The zero-order valence-electron chi connectivity index (χ0n) is 9.50. The second-order valence-electron chi connectivity index (χ2n) is 3.62. The number of halogens is 1. The fourth-order valence-electron chi connectivity index (χ4n) is 1.42. The SMILES string of the molecule is Cn1ccc(CNc2cc([N+](=O)[O-])cc(Cl)n2)n1. The fraction of sp³-hybridized carbons (Fsp3) is 0.200. The monoisotopic (exact) mass is 267 g/mol. The highest BCUT2D eigenvalue weighted by Crippen LogP contribution is 2.20. The molecule has 94 valence electrons. The molecule has 0 aliphatic heterocycles. The van der Waals surface area contributed by atoms with Gasteiger partial charge in [0, 0.05) is 13.2 Å². The van der Waals surface area contributed by atoms with E-state index in [-0.39, 0.29) is 10.8 Å². The largest absolute Gasteiger partial charge is 0.364 e. The van der Waals surface area contributed by atoms with E-state index in [1.54, 1.807) is 4.68 Å². The Balaban J connectivity index is 2.11. The topological polar surface area (TPSA) is 85.9 Å². The van der Waals surface area contributed by atoms with Crippen LogP contribution in [0.5, 0.6) is 0 Å². The maximum absolute atomic E-state index is 10.7. The zero-order valence-corrected chi connectivity index (χ0v) is 10.3. The Morgan fingerprint density at radius 3 is 2.94 bits per heavy atom. The van der Waals surface area contributed by atoms with Gasteiger partial charge in [-0.05, 0) is 6.07 Å². The molecule has 18 heavy (non-hydrogen) atoms. The molecule has 0 aliphatic carbocycles. The summed E-state index contributed by atoms with van der Waals surface area (Å²) in [4.78, 5) is 14.1. The van der Waals surface area contributed by atoms with Crippen LogP contribution in [0.1, 0.15) is 5.69 Å². The minimum atomic E-state index is -0.514. The van der Waals surface area contributed by atoms with Crippen LogP contribution in [-0.2, 0) is 13.6 Å². The molecule has 2 aromatic rings. The standard InChI is InChI=1S/C10H10ClN5O2/c1-15-3-2-7(14-15)6-12-10-5-8(16(17)18)4-9(11)13-10/h2-5H,6H2,1H3,(H,12,13). The van der Waals surface area contributed by atoms with Crippen LogP contribution in [0.2, 0.25) is 5.15 Å². The minimum absolute atomic E-state index is 0.0766. The number of rotatable bonds is 4. The Hall–Kier alpha value is -2.15. The summed E-state index contributed by atoms with van der Waals surface area (Å²) in [6.07, 6.45) is 1.81. The lowest BCUT2D eigenvalue weighted by atomic mass is 10.4. The number of hydrogen-bond acceptors (Lipinski definition) is 5. The van der Waals surface area contributed by atoms with Crippen LogP contribution in [0.3, 0.4) is 0 Å². The summed E-state index contributed by atoms with van der Waals surface area (Å²) in [5.41, 5.74) is 0.709. The van der Waals surface area contributed by atoms with Gasteiger partial charge in [0.05, 0.1) is 29.3 Å². The average molecular weight is 268 g/mol. The highest BCUT2D eigenvalue weighted by Gasteiger charge is 2.10. The number of nitrogens with one attached hydrogen (secondary N) is 1. The van der Waals surface area contributed by atoms with Crippen molar-refractivity contribution >= 4 is 23.1 Å². The van der Waals surface area contributed by atoms with Crippen molar-refractivity contribution in [3.8, 4) is 0 Å². The number of hydrogen-bond donors (Lipinski definition) is 1. The van der Waals surface area contributed by atoms with Crippen molar-refractivity contribution in [3.63, 3.8) is 0 Å². The van der Waals surface area contributed by atoms with Crippen LogP contribution in [-0.4, -0.2) is 19.7 Å². The Bertz CT molecular complexity index is 583. The quantitative estimate of drug-likeness (QED) is 0.520. The molecule has 0 amide bonds. The highest BCUT2D eigenvalue weighted by atomic mass is 35.5. The van der Waals surface area contributed by atoms with E-state index in [9.17, 15) is 10.1 Å². The maximum atomic E-state index is 10.7. The number of nitrogens with zero attached hydrogens (tertiary/aromatic N) is 4. The Labute approximate surface area is 108 Å². The molecule has 0 atom stereocenters. The number of anilines is 1. The van der Waals surface area contributed by atoms with Crippen LogP contribution < -0.4 is 5.32 Å². The van der Waals surface area contributed by atoms with E-state index >= 15 is 0 Å². The van der Waals surface area contributed by atoms with Crippen molar-refractivity contribution < 1.29 is 4.92 Å². The number of pyridine rings is 1. The molecule has 0 bridgehead atoms. The van der Waals surface area contributed by atoms with E-state index in [4.69, 9.17) is 11.6 Å². The molecule has 7 nitrogen and oxygen atoms in total. The zero-order chi connectivity index (χ0) is 13.1. The summed E-state index contributed by atoms with van der Waals surface area (Å²) < 4.78 is 1.67. The second-order valence-corrected chi connectivity index (χ2v) is 4.01. The van der Waals surface area contributed by atoms with Gasteiger partial charge >= 0.3 is 0 Å². The van der Waals surface area contributed by atoms with Gasteiger partial charge in [-0.2, -0.15) is 5.10 Å². The Morgan fingerprint density at radius 1 is 1.56 bits per heavy atom. The average Bonchev–Trinajstić information content (AvgIpc) is 2.72. The van der Waals surface area contributed by atoms with Gasteiger partial charge in [-0.25, -0.2) is 4.98 Å². The lowest BCUT2D eigenvalue weighted by molar-refractivity contribution is -0.384. The van der Waals surface area contributed by atoms with Gasteiger partial charge in [0.25, 0.3) is 5.69 Å². The normalized spacial score (nSPS) is 10.3. The van der Waals surface area contributed by atoms with Gasteiger partial charge < -0.3 is 5.32 Å². The van der Waals surface area contributed by atoms with Crippen molar-refractivity contribution in [2.75, 3.05) is 5.32 Å². The third kappa shape index (κ3) is 2.95. The van der Waals surface area contributed by atoms with Crippen LogP contribution >= 0.6 is 11.6 Å². The van der Waals surface area contributed by atoms with Gasteiger partial charge in [0.1, 0.15) is 11.0 Å². The second kappa shape index (κ2) is 5.01. The van der Waals surface area contributed by atoms with Crippen molar-refractivity contribution in [2.24, 2.45) is 7.05 Å². The molecule has 2 aromatic heterocycles. The fourth-order valence-corrected chi connectivity index (χ4v) is 1.62. The molecule has 0 radical (unpaired) electrons. The molecule has 2 rings (SSSR count). The highest BCUT2D eigenvalue weighted by molar-refractivity contribution is 6.29. The van der Waals surface area contributed by atoms with Crippen molar-refractivity contribution in [1.82, 2.24) is 14.8 Å². The Morgan fingerprint density at radius 2 is 2.33 bits per heavy atom. The van der Waals surface area contributed by atoms with Crippen molar-refractivity contribution in [2.45, 2.75) is 6.54 Å². The van der Waals surface area contributed by atoms with Crippen molar-refractivity contribution in [1.29, 1.82) is 0 Å². The summed E-state index contributed by atoms with van der Waals surface area (Å²) >= 11 is 5.70.